The van der Waals surface area contributed by atoms with Gasteiger partial charge in [0.1, 0.15) is 5.01 Å². The quantitative estimate of drug-likeness (QED) is 0.805. The van der Waals surface area contributed by atoms with Gasteiger partial charge in [-0.25, -0.2) is 0 Å². The summed E-state index contributed by atoms with van der Waals surface area (Å²) in [5.74, 6) is 1.53. The first-order chi connectivity index (χ1) is 9.33. The van der Waals surface area contributed by atoms with Crippen LogP contribution >= 0.6 is 22.7 Å². The highest BCUT2D eigenvalue weighted by Crippen LogP contribution is 2.36. The van der Waals surface area contributed by atoms with Crippen molar-refractivity contribution >= 4 is 27.6 Å². The van der Waals surface area contributed by atoms with Gasteiger partial charge in [0, 0.05) is 10.8 Å². The van der Waals surface area contributed by atoms with Gasteiger partial charge in [0.2, 0.25) is 4.96 Å². The van der Waals surface area contributed by atoms with E-state index in [0.29, 0.717) is 5.92 Å². The van der Waals surface area contributed by atoms with Gasteiger partial charge in [-0.3, -0.25) is 0 Å². The summed E-state index contributed by atoms with van der Waals surface area (Å²) < 4.78 is 1.89. The number of thiophene rings is 1. The Kier molecular flexibility index (Phi) is 2.64. The van der Waals surface area contributed by atoms with Crippen LogP contribution in [0.2, 0.25) is 0 Å². The van der Waals surface area contributed by atoms with Crippen LogP contribution in [0.25, 0.3) is 4.96 Å². The van der Waals surface area contributed by atoms with E-state index in [1.165, 1.54) is 30.6 Å². The number of rotatable bonds is 3. The first kappa shape index (κ1) is 11.5. The van der Waals surface area contributed by atoms with Crippen molar-refractivity contribution in [2.24, 2.45) is 5.73 Å². The third kappa shape index (κ3) is 1.80. The van der Waals surface area contributed by atoms with E-state index in [-0.39, 0.29) is 6.04 Å². The van der Waals surface area contributed by atoms with Crippen molar-refractivity contribution in [2.45, 2.75) is 31.2 Å². The first-order valence-electron chi connectivity index (χ1n) is 6.34. The zero-order chi connectivity index (χ0) is 12.8. The van der Waals surface area contributed by atoms with Crippen LogP contribution in [0.15, 0.2) is 17.5 Å². The molecular formula is C12H13N5S2. The van der Waals surface area contributed by atoms with Crippen LogP contribution in [-0.4, -0.2) is 19.8 Å². The summed E-state index contributed by atoms with van der Waals surface area (Å²) >= 11 is 3.20. The monoisotopic (exact) mass is 291 g/mol. The van der Waals surface area contributed by atoms with Crippen molar-refractivity contribution in [1.82, 2.24) is 19.8 Å². The molecule has 0 saturated heterocycles. The Morgan fingerprint density at radius 2 is 2.26 bits per heavy atom. The maximum Gasteiger partial charge on any atom is 0.234 e. The summed E-state index contributed by atoms with van der Waals surface area (Å²) in [6.07, 6.45) is 3.68. The van der Waals surface area contributed by atoms with E-state index in [2.05, 4.69) is 15.3 Å². The Morgan fingerprint density at radius 3 is 2.95 bits per heavy atom. The molecule has 19 heavy (non-hydrogen) atoms. The van der Waals surface area contributed by atoms with Gasteiger partial charge >= 0.3 is 0 Å². The van der Waals surface area contributed by atoms with Gasteiger partial charge in [0.05, 0.1) is 6.04 Å². The zero-order valence-electron chi connectivity index (χ0n) is 10.2. The van der Waals surface area contributed by atoms with Gasteiger partial charge in [-0.2, -0.15) is 9.61 Å². The molecule has 98 valence electrons. The largest absolute Gasteiger partial charge is 0.318 e. The van der Waals surface area contributed by atoms with Crippen LogP contribution in [0, 0.1) is 0 Å². The molecule has 5 nitrogen and oxygen atoms in total. The minimum atomic E-state index is -0.152. The Bertz CT molecular complexity index is 695. The molecule has 0 aromatic carbocycles. The van der Waals surface area contributed by atoms with Crippen LogP contribution in [0.1, 0.15) is 46.9 Å². The molecule has 0 radical (unpaired) electrons. The smallest absolute Gasteiger partial charge is 0.234 e. The summed E-state index contributed by atoms with van der Waals surface area (Å²) in [5, 5.41) is 16.1. The molecule has 1 aliphatic rings. The summed E-state index contributed by atoms with van der Waals surface area (Å²) in [7, 11) is 0. The van der Waals surface area contributed by atoms with Crippen LogP contribution in [0.4, 0.5) is 0 Å². The van der Waals surface area contributed by atoms with E-state index >= 15 is 0 Å². The third-order valence-electron chi connectivity index (χ3n) is 3.62. The Hall–Kier alpha value is -1.31. The van der Waals surface area contributed by atoms with E-state index in [1.54, 1.807) is 11.3 Å². The van der Waals surface area contributed by atoms with Gasteiger partial charge < -0.3 is 5.73 Å². The molecule has 1 unspecified atom stereocenters. The van der Waals surface area contributed by atoms with Gasteiger partial charge in [-0.05, 0) is 24.3 Å². The Balaban J connectivity index is 1.73. The average molecular weight is 291 g/mol. The lowest BCUT2D eigenvalue weighted by atomic mass is 9.85. The first-order valence-corrected chi connectivity index (χ1v) is 8.03. The molecule has 3 aromatic rings. The second-order valence-electron chi connectivity index (χ2n) is 4.81. The maximum atomic E-state index is 6.25. The minimum absolute atomic E-state index is 0.152. The molecule has 4 rings (SSSR count). The third-order valence-corrected chi connectivity index (χ3v) is 5.55. The molecule has 7 heteroatoms. The van der Waals surface area contributed by atoms with Crippen molar-refractivity contribution in [3.63, 3.8) is 0 Å². The predicted molar refractivity (Wildman–Crippen MR) is 75.6 cm³/mol. The predicted octanol–water partition coefficient (Wildman–Crippen LogP) is 2.56. The summed E-state index contributed by atoms with van der Waals surface area (Å²) in [5.41, 5.74) is 6.25. The number of nitrogens with two attached hydrogens (primary N) is 1. The van der Waals surface area contributed by atoms with E-state index < -0.39 is 0 Å². The minimum Gasteiger partial charge on any atom is -0.318 e. The lowest BCUT2D eigenvalue weighted by Crippen LogP contribution is -2.14. The number of hydrogen-bond donors (Lipinski definition) is 1. The molecule has 3 aromatic heterocycles. The molecule has 1 fully saturated rings. The van der Waals surface area contributed by atoms with Crippen molar-refractivity contribution < 1.29 is 0 Å². The number of aromatic nitrogens is 4. The Labute approximate surface area is 118 Å². The highest BCUT2D eigenvalue weighted by atomic mass is 32.1. The Morgan fingerprint density at radius 1 is 1.37 bits per heavy atom. The summed E-state index contributed by atoms with van der Waals surface area (Å²) in [6.45, 7) is 0. The molecule has 1 saturated carbocycles. The molecule has 1 aliphatic carbocycles. The van der Waals surface area contributed by atoms with Gasteiger partial charge in [-0.1, -0.05) is 23.8 Å². The SMILES string of the molecule is NC(c1cccs1)c1nn2c(C3CCC3)nnc2s1. The fourth-order valence-electron chi connectivity index (χ4n) is 2.28. The van der Waals surface area contributed by atoms with Crippen LogP contribution < -0.4 is 5.73 Å². The average Bonchev–Trinajstić information content (AvgIpc) is 3.02. The van der Waals surface area contributed by atoms with Crippen LogP contribution in [0.3, 0.4) is 0 Å². The molecule has 0 bridgehead atoms. The molecule has 0 aliphatic heterocycles. The van der Waals surface area contributed by atoms with Crippen LogP contribution in [-0.2, 0) is 0 Å². The second kappa shape index (κ2) is 4.36. The van der Waals surface area contributed by atoms with Crippen molar-refractivity contribution in [2.75, 3.05) is 0 Å². The zero-order valence-corrected chi connectivity index (χ0v) is 11.8. The summed E-state index contributed by atoms with van der Waals surface area (Å²) in [4.78, 5) is 1.99. The van der Waals surface area contributed by atoms with E-state index in [9.17, 15) is 0 Å². The van der Waals surface area contributed by atoms with Crippen molar-refractivity contribution in [3.05, 3.63) is 33.2 Å². The van der Waals surface area contributed by atoms with Gasteiger partial charge in [-0.15, -0.1) is 21.5 Å². The maximum absolute atomic E-state index is 6.25. The number of hydrogen-bond acceptors (Lipinski definition) is 6. The van der Waals surface area contributed by atoms with E-state index in [0.717, 1.165) is 20.7 Å². The lowest BCUT2D eigenvalue weighted by Gasteiger charge is -2.22. The summed E-state index contributed by atoms with van der Waals surface area (Å²) in [6, 6.07) is 3.91. The van der Waals surface area contributed by atoms with Gasteiger partial charge in [0.25, 0.3) is 0 Å². The van der Waals surface area contributed by atoms with Crippen molar-refractivity contribution in [3.8, 4) is 0 Å². The topological polar surface area (TPSA) is 69.1 Å². The van der Waals surface area contributed by atoms with Gasteiger partial charge in [0.15, 0.2) is 5.82 Å². The van der Waals surface area contributed by atoms with Crippen LogP contribution in [0.5, 0.6) is 0 Å². The molecule has 0 spiro atoms. The molecule has 3 heterocycles. The lowest BCUT2D eigenvalue weighted by molar-refractivity contribution is 0.395. The van der Waals surface area contributed by atoms with Crippen molar-refractivity contribution in [1.29, 1.82) is 0 Å². The highest BCUT2D eigenvalue weighted by Gasteiger charge is 2.27. The standard InChI is InChI=1S/C12H13N5S2/c13-9(8-5-2-6-18-8)11-16-17-10(7-3-1-4-7)14-15-12(17)19-11/h2,5-7,9H,1,3-4,13H2. The molecule has 2 N–H and O–H groups in total. The van der Waals surface area contributed by atoms with E-state index in [1.807, 2.05) is 22.0 Å². The normalized spacial score (nSPS) is 17.7. The highest BCUT2D eigenvalue weighted by molar-refractivity contribution is 7.17. The molecular weight excluding hydrogens is 278 g/mol. The second-order valence-corrected chi connectivity index (χ2v) is 6.78. The fourth-order valence-corrected chi connectivity index (χ4v) is 3.95. The molecule has 1 atom stereocenters. The molecule has 0 amide bonds. The van der Waals surface area contributed by atoms with E-state index in [4.69, 9.17) is 5.73 Å². The number of nitrogens with zero attached hydrogens (tertiary/aromatic N) is 4. The fraction of sp³-hybridized carbons (Fsp3) is 0.417. The number of fused-ring (bicyclic) bond motifs is 1.